The Bertz CT molecular complexity index is 1770. The zero-order valence-corrected chi connectivity index (χ0v) is 26.6. The Balaban J connectivity index is 1.29. The van der Waals surface area contributed by atoms with Crippen LogP contribution in [0.2, 0.25) is 0 Å². The predicted molar refractivity (Wildman–Crippen MR) is 179 cm³/mol. The van der Waals surface area contributed by atoms with Gasteiger partial charge in [0, 0.05) is 31.8 Å². The number of carbonyl (C=O) groups is 4. The topological polar surface area (TPSA) is 125 Å². The smallest absolute Gasteiger partial charge is 0.306 e. The highest BCUT2D eigenvalue weighted by molar-refractivity contribution is 6.06. The van der Waals surface area contributed by atoms with Gasteiger partial charge in [-0.05, 0) is 47.7 Å². The van der Waals surface area contributed by atoms with Crippen LogP contribution in [0.1, 0.15) is 37.3 Å². The number of hydrogen-bond acceptors (Lipinski definition) is 7. The van der Waals surface area contributed by atoms with Crippen molar-refractivity contribution in [1.82, 2.24) is 10.2 Å². The fourth-order valence-electron chi connectivity index (χ4n) is 7.65. The maximum absolute atomic E-state index is 14.8. The van der Waals surface area contributed by atoms with Gasteiger partial charge in [-0.25, -0.2) is 0 Å². The summed E-state index contributed by atoms with van der Waals surface area (Å²) in [4.78, 5) is 59.5. The number of esters is 1. The lowest BCUT2D eigenvalue weighted by molar-refractivity contribution is -0.146. The maximum atomic E-state index is 14.8. The molecular weight excluding hydrogens is 610 g/mol. The molecule has 0 aromatic heterocycles. The number of fused-ring (bicyclic) bond motifs is 3. The highest BCUT2D eigenvalue weighted by Gasteiger charge is 2.71. The van der Waals surface area contributed by atoms with Crippen LogP contribution in [0, 0.1) is 11.8 Å². The summed E-state index contributed by atoms with van der Waals surface area (Å²) >= 11 is 0. The number of unbranched alkanes of at least 4 members (excludes halogenated alkanes) is 1. The molecule has 10 nitrogen and oxygen atoms in total. The molecule has 2 saturated heterocycles. The number of aliphatic hydroxyl groups is 1. The second-order valence-electron chi connectivity index (χ2n) is 12.8. The molecule has 0 unspecified atom stereocenters. The molecule has 3 aromatic carbocycles. The average Bonchev–Trinajstić information content (AvgIpc) is 3.48. The third kappa shape index (κ3) is 5.69. The third-order valence-electron chi connectivity index (χ3n) is 9.92. The van der Waals surface area contributed by atoms with Gasteiger partial charge in [-0.15, -0.1) is 0 Å². The molecule has 2 fully saturated rings. The van der Waals surface area contributed by atoms with E-state index in [1.165, 1.54) is 0 Å². The van der Waals surface area contributed by atoms with Crippen molar-refractivity contribution in [3.05, 3.63) is 103 Å². The first-order chi connectivity index (χ1) is 23.4. The van der Waals surface area contributed by atoms with Gasteiger partial charge in [-0.1, -0.05) is 85.0 Å². The molecule has 4 aliphatic rings. The van der Waals surface area contributed by atoms with Crippen molar-refractivity contribution in [3.63, 3.8) is 0 Å². The molecule has 1 spiro atoms. The second kappa shape index (κ2) is 13.4. The van der Waals surface area contributed by atoms with E-state index in [1.54, 1.807) is 22.0 Å². The summed E-state index contributed by atoms with van der Waals surface area (Å²) in [5.74, 6) is -3.36. The summed E-state index contributed by atoms with van der Waals surface area (Å²) < 4.78 is 12.4. The number of rotatable bonds is 6. The highest BCUT2D eigenvalue weighted by atomic mass is 16.5. The van der Waals surface area contributed by atoms with E-state index in [2.05, 4.69) is 5.32 Å². The molecule has 0 bridgehead atoms. The normalized spacial score (nSPS) is 29.6. The fraction of sp³-hybridized carbons (Fsp3) is 0.368. The van der Waals surface area contributed by atoms with Gasteiger partial charge >= 0.3 is 5.97 Å². The first-order valence-corrected chi connectivity index (χ1v) is 16.7. The van der Waals surface area contributed by atoms with Crippen LogP contribution in [0.15, 0.2) is 97.1 Å². The number of ether oxygens (including phenoxy) is 2. The maximum Gasteiger partial charge on any atom is 0.306 e. The number of nitrogens with zero attached hydrogens (tertiary/aromatic N) is 2. The summed E-state index contributed by atoms with van der Waals surface area (Å²) in [5, 5.41) is 14.6. The number of hydrogen-bond donors (Lipinski definition) is 2. The number of cyclic esters (lactones) is 1. The Morgan fingerprint density at radius 2 is 1.69 bits per heavy atom. The van der Waals surface area contributed by atoms with Crippen molar-refractivity contribution in [1.29, 1.82) is 0 Å². The van der Waals surface area contributed by atoms with E-state index in [9.17, 15) is 24.3 Å². The van der Waals surface area contributed by atoms with Gasteiger partial charge in [0.1, 0.15) is 18.2 Å². The molecule has 4 heterocycles. The molecule has 4 aliphatic heterocycles. The van der Waals surface area contributed by atoms with E-state index in [4.69, 9.17) is 9.47 Å². The zero-order valence-electron chi connectivity index (χ0n) is 26.6. The molecule has 3 amide bonds. The molecule has 0 saturated carbocycles. The monoisotopic (exact) mass is 649 g/mol. The van der Waals surface area contributed by atoms with E-state index in [0.717, 1.165) is 16.3 Å². The van der Waals surface area contributed by atoms with Gasteiger partial charge in [0.25, 0.3) is 5.91 Å². The molecular formula is C38H39N3O7. The molecule has 0 aliphatic carbocycles. The van der Waals surface area contributed by atoms with Crippen LogP contribution in [0.3, 0.4) is 0 Å². The first-order valence-electron chi connectivity index (χ1n) is 16.7. The standard InChI is InChI=1S/C38H39N3O7/c42-22-9-8-20-41-34-37(46)40(28-18-17-25-11-4-5-14-27(25)23-28)21-10-19-38(34)33(36(41)45)32-30(48-38)15-6-7-16-31(43)47-24-29(39-35(32)44)26-12-2-1-3-13-26/h1-6,10-15,17-19,23,29-30,32-34,42H,7-9,16,20-22,24H2,(H,39,44)/b15-6-/t29-,30+,32-,33-,34+,38-/m1/s1. The Labute approximate surface area is 279 Å². The van der Waals surface area contributed by atoms with Gasteiger partial charge in [0.15, 0.2) is 0 Å². The minimum Gasteiger partial charge on any atom is -0.463 e. The first kappa shape index (κ1) is 31.8. The average molecular weight is 650 g/mol. The highest BCUT2D eigenvalue weighted by Crippen LogP contribution is 2.53. The number of allylic oxidation sites excluding steroid dienone is 1. The lowest BCUT2D eigenvalue weighted by Crippen LogP contribution is -2.55. The van der Waals surface area contributed by atoms with E-state index >= 15 is 0 Å². The van der Waals surface area contributed by atoms with Crippen molar-refractivity contribution >= 4 is 40.2 Å². The number of carbonyl (C=O) groups excluding carboxylic acids is 4. The molecule has 10 heteroatoms. The quantitative estimate of drug-likeness (QED) is 0.236. The molecule has 248 valence electrons. The van der Waals surface area contributed by atoms with Gasteiger partial charge in [0.05, 0.1) is 24.0 Å². The number of likely N-dealkylation sites (tertiary alicyclic amines) is 1. The van der Waals surface area contributed by atoms with E-state index in [-0.39, 0.29) is 50.5 Å². The van der Waals surface area contributed by atoms with Gasteiger partial charge in [-0.3, -0.25) is 19.2 Å². The van der Waals surface area contributed by atoms with Crippen LogP contribution in [-0.4, -0.2) is 77.7 Å². The van der Waals surface area contributed by atoms with Crippen molar-refractivity contribution in [3.8, 4) is 0 Å². The van der Waals surface area contributed by atoms with Gasteiger partial charge in [-0.2, -0.15) is 0 Å². The van der Waals surface area contributed by atoms with E-state index in [1.807, 2.05) is 84.9 Å². The van der Waals surface area contributed by atoms with Gasteiger partial charge < -0.3 is 29.7 Å². The number of amides is 3. The van der Waals surface area contributed by atoms with E-state index < -0.39 is 41.5 Å². The molecule has 3 aromatic rings. The number of nitrogens with one attached hydrogen (secondary N) is 1. The molecule has 48 heavy (non-hydrogen) atoms. The minimum atomic E-state index is -1.41. The number of aliphatic hydroxyl groups excluding tert-OH is 1. The largest absolute Gasteiger partial charge is 0.463 e. The lowest BCUT2D eigenvalue weighted by atomic mass is 9.77. The summed E-state index contributed by atoms with van der Waals surface area (Å²) in [7, 11) is 0. The van der Waals surface area contributed by atoms with E-state index in [0.29, 0.717) is 24.9 Å². The third-order valence-corrected chi connectivity index (χ3v) is 9.92. The Kier molecular flexibility index (Phi) is 8.85. The summed E-state index contributed by atoms with van der Waals surface area (Å²) in [6.45, 7) is 0.388. The van der Waals surface area contributed by atoms with Crippen LogP contribution in [0.25, 0.3) is 10.8 Å². The van der Waals surface area contributed by atoms with Crippen LogP contribution in [0.4, 0.5) is 5.69 Å². The van der Waals surface area contributed by atoms with Gasteiger partial charge in [0.2, 0.25) is 11.8 Å². The van der Waals surface area contributed by atoms with Crippen molar-refractivity contribution in [2.45, 2.75) is 49.5 Å². The summed E-state index contributed by atoms with van der Waals surface area (Å²) in [6.07, 6.45) is 7.84. The molecule has 6 atom stereocenters. The van der Waals surface area contributed by atoms with Crippen molar-refractivity contribution in [2.75, 3.05) is 31.2 Å². The van der Waals surface area contributed by atoms with Crippen LogP contribution < -0.4 is 10.2 Å². The lowest BCUT2D eigenvalue weighted by Gasteiger charge is -2.35. The predicted octanol–water partition coefficient (Wildman–Crippen LogP) is 3.85. The fourth-order valence-corrected chi connectivity index (χ4v) is 7.65. The van der Waals surface area contributed by atoms with Crippen LogP contribution in [-0.2, 0) is 28.7 Å². The Morgan fingerprint density at radius 1 is 0.896 bits per heavy atom. The van der Waals surface area contributed by atoms with Crippen LogP contribution >= 0.6 is 0 Å². The van der Waals surface area contributed by atoms with Crippen molar-refractivity contribution in [2.24, 2.45) is 11.8 Å². The summed E-state index contributed by atoms with van der Waals surface area (Å²) in [6, 6.07) is 21.3. The molecule has 7 rings (SSSR count). The van der Waals surface area contributed by atoms with Crippen molar-refractivity contribution < 1.29 is 33.8 Å². The molecule has 0 radical (unpaired) electrons. The SMILES string of the molecule is O=C1CC/C=C\[C@@H]2O[C@@]34C=CCN(c5ccc6ccccc6c5)C(=O)[C@@H]3N(CCCCO)C(=O)[C@H]4[C@@H]2C(=O)N[C@@H](c2ccccc2)CO1. The molecule has 2 N–H and O–H groups in total. The Hall–Kier alpha value is -4.80. The Morgan fingerprint density at radius 3 is 2.50 bits per heavy atom. The second-order valence-corrected chi connectivity index (χ2v) is 12.8. The minimum absolute atomic E-state index is 0.0435. The van der Waals surface area contributed by atoms with Crippen LogP contribution in [0.5, 0.6) is 0 Å². The number of anilines is 1. The number of benzene rings is 3. The zero-order chi connectivity index (χ0) is 33.3. The summed E-state index contributed by atoms with van der Waals surface area (Å²) in [5.41, 5.74) is 0.0439.